The van der Waals surface area contributed by atoms with Crippen LogP contribution in [0.15, 0.2) is 54.6 Å². The molecule has 0 amide bonds. The Morgan fingerprint density at radius 2 is 1.82 bits per heavy atom. The Hall–Kier alpha value is -2.47. The predicted molar refractivity (Wildman–Crippen MR) is 92.2 cm³/mol. The van der Waals surface area contributed by atoms with Gasteiger partial charge in [-0.25, -0.2) is 0 Å². The van der Waals surface area contributed by atoms with Crippen molar-refractivity contribution < 1.29 is 4.92 Å². The second-order valence-electron chi connectivity index (χ2n) is 4.95. The van der Waals surface area contributed by atoms with Gasteiger partial charge < -0.3 is 10.6 Å². The SMILES string of the molecule is C[C@H](CNC(=S)Nc1ccc([N+](=O)[O-])cc1)c1ccccc1. The van der Waals surface area contributed by atoms with Crippen molar-refractivity contribution in [2.24, 2.45) is 0 Å². The molecular formula is C16H17N3O2S. The summed E-state index contributed by atoms with van der Waals surface area (Å²) in [6, 6.07) is 16.3. The number of nitrogens with zero attached hydrogens (tertiary/aromatic N) is 1. The average Bonchev–Trinajstić information content (AvgIpc) is 2.54. The number of anilines is 1. The Bertz CT molecular complexity index is 644. The van der Waals surface area contributed by atoms with Gasteiger partial charge in [-0.3, -0.25) is 10.1 Å². The molecule has 22 heavy (non-hydrogen) atoms. The van der Waals surface area contributed by atoms with E-state index in [-0.39, 0.29) is 5.69 Å². The number of nitro groups is 1. The molecule has 5 nitrogen and oxygen atoms in total. The normalized spacial score (nSPS) is 11.5. The van der Waals surface area contributed by atoms with Gasteiger partial charge in [0.25, 0.3) is 5.69 Å². The lowest BCUT2D eigenvalue weighted by molar-refractivity contribution is -0.384. The third-order valence-electron chi connectivity index (χ3n) is 3.27. The number of rotatable bonds is 5. The van der Waals surface area contributed by atoms with Crippen molar-refractivity contribution in [3.8, 4) is 0 Å². The maximum Gasteiger partial charge on any atom is 0.269 e. The predicted octanol–water partition coefficient (Wildman–Crippen LogP) is 3.68. The van der Waals surface area contributed by atoms with Crippen LogP contribution >= 0.6 is 12.2 Å². The van der Waals surface area contributed by atoms with Crippen LogP contribution < -0.4 is 10.6 Å². The molecule has 0 saturated carbocycles. The van der Waals surface area contributed by atoms with Crippen LogP contribution in [-0.2, 0) is 0 Å². The van der Waals surface area contributed by atoms with Crippen LogP contribution in [0.5, 0.6) is 0 Å². The van der Waals surface area contributed by atoms with Gasteiger partial charge in [-0.05, 0) is 35.8 Å². The Morgan fingerprint density at radius 1 is 1.18 bits per heavy atom. The van der Waals surface area contributed by atoms with Crippen LogP contribution in [0.4, 0.5) is 11.4 Å². The smallest absolute Gasteiger partial charge is 0.269 e. The van der Waals surface area contributed by atoms with Gasteiger partial charge >= 0.3 is 0 Å². The fourth-order valence-corrected chi connectivity index (χ4v) is 2.19. The molecule has 0 saturated heterocycles. The summed E-state index contributed by atoms with van der Waals surface area (Å²) in [6.07, 6.45) is 0. The van der Waals surface area contributed by atoms with Crippen molar-refractivity contribution in [2.45, 2.75) is 12.8 Å². The van der Waals surface area contributed by atoms with E-state index in [9.17, 15) is 10.1 Å². The highest BCUT2D eigenvalue weighted by molar-refractivity contribution is 7.80. The number of hydrogen-bond donors (Lipinski definition) is 2. The lowest BCUT2D eigenvalue weighted by atomic mass is 10.0. The highest BCUT2D eigenvalue weighted by Crippen LogP contribution is 2.16. The van der Waals surface area contributed by atoms with Crippen molar-refractivity contribution in [1.29, 1.82) is 0 Å². The summed E-state index contributed by atoms with van der Waals surface area (Å²) in [5.74, 6) is 0.331. The third kappa shape index (κ3) is 4.53. The monoisotopic (exact) mass is 315 g/mol. The molecule has 2 aromatic carbocycles. The van der Waals surface area contributed by atoms with Gasteiger partial charge in [-0.15, -0.1) is 0 Å². The average molecular weight is 315 g/mol. The molecule has 2 rings (SSSR count). The van der Waals surface area contributed by atoms with Crippen molar-refractivity contribution in [1.82, 2.24) is 5.32 Å². The lowest BCUT2D eigenvalue weighted by Crippen LogP contribution is -2.31. The molecular weight excluding hydrogens is 298 g/mol. The molecule has 1 atom stereocenters. The van der Waals surface area contributed by atoms with Gasteiger partial charge in [0, 0.05) is 24.4 Å². The largest absolute Gasteiger partial charge is 0.362 e. The Labute approximate surface area is 134 Å². The first-order valence-electron chi connectivity index (χ1n) is 6.90. The Morgan fingerprint density at radius 3 is 2.41 bits per heavy atom. The molecule has 0 aromatic heterocycles. The van der Waals surface area contributed by atoms with E-state index >= 15 is 0 Å². The van der Waals surface area contributed by atoms with E-state index in [2.05, 4.69) is 29.7 Å². The van der Waals surface area contributed by atoms with Gasteiger partial charge in [0.2, 0.25) is 0 Å². The minimum absolute atomic E-state index is 0.0575. The molecule has 0 heterocycles. The molecule has 2 aromatic rings. The van der Waals surface area contributed by atoms with Crippen molar-refractivity contribution in [3.63, 3.8) is 0 Å². The summed E-state index contributed by atoms with van der Waals surface area (Å²) in [5.41, 5.74) is 2.02. The molecule has 114 valence electrons. The lowest BCUT2D eigenvalue weighted by Gasteiger charge is -2.15. The van der Waals surface area contributed by atoms with Crippen LogP contribution in [0.2, 0.25) is 0 Å². The van der Waals surface area contributed by atoms with E-state index in [1.165, 1.54) is 17.7 Å². The summed E-state index contributed by atoms with van der Waals surface area (Å²) in [7, 11) is 0. The topological polar surface area (TPSA) is 67.2 Å². The zero-order valence-corrected chi connectivity index (χ0v) is 13.0. The van der Waals surface area contributed by atoms with Crippen LogP contribution in [0.3, 0.4) is 0 Å². The second kappa shape index (κ2) is 7.51. The van der Waals surface area contributed by atoms with Crippen molar-refractivity contribution >= 4 is 28.7 Å². The quantitative estimate of drug-likeness (QED) is 0.500. The van der Waals surface area contributed by atoms with Gasteiger partial charge in [0.1, 0.15) is 0 Å². The van der Waals surface area contributed by atoms with E-state index in [1.807, 2.05) is 18.2 Å². The van der Waals surface area contributed by atoms with Gasteiger partial charge in [-0.2, -0.15) is 0 Å². The van der Waals surface area contributed by atoms with E-state index in [0.717, 1.165) is 5.69 Å². The number of nitrogens with one attached hydrogen (secondary N) is 2. The number of benzene rings is 2. The molecule has 0 fully saturated rings. The second-order valence-corrected chi connectivity index (χ2v) is 5.36. The van der Waals surface area contributed by atoms with E-state index in [0.29, 0.717) is 17.6 Å². The summed E-state index contributed by atoms with van der Waals surface area (Å²) >= 11 is 5.23. The van der Waals surface area contributed by atoms with Gasteiger partial charge in [-0.1, -0.05) is 37.3 Å². The Balaban J connectivity index is 1.84. The number of hydrogen-bond acceptors (Lipinski definition) is 3. The number of nitro benzene ring substituents is 1. The van der Waals surface area contributed by atoms with Crippen LogP contribution in [0, 0.1) is 10.1 Å². The molecule has 0 radical (unpaired) electrons. The molecule has 0 aliphatic rings. The molecule has 0 aliphatic carbocycles. The minimum atomic E-state index is -0.429. The fourth-order valence-electron chi connectivity index (χ4n) is 1.99. The summed E-state index contributed by atoms with van der Waals surface area (Å²) in [6.45, 7) is 2.83. The van der Waals surface area contributed by atoms with Crippen molar-refractivity contribution in [2.75, 3.05) is 11.9 Å². The Kier molecular flexibility index (Phi) is 5.43. The maximum atomic E-state index is 10.6. The molecule has 6 heteroatoms. The van der Waals surface area contributed by atoms with Crippen molar-refractivity contribution in [3.05, 3.63) is 70.3 Å². The third-order valence-corrected chi connectivity index (χ3v) is 3.52. The van der Waals surface area contributed by atoms with Crippen LogP contribution in [0.25, 0.3) is 0 Å². The standard InChI is InChI=1S/C16H17N3O2S/c1-12(13-5-3-2-4-6-13)11-17-16(22)18-14-7-9-15(10-8-14)19(20)21/h2-10,12H,11H2,1H3,(H2,17,18,22)/t12-/m1/s1. The maximum absolute atomic E-state index is 10.6. The fraction of sp³-hybridized carbons (Fsp3) is 0.188. The zero-order chi connectivity index (χ0) is 15.9. The first kappa shape index (κ1) is 15.9. The van der Waals surface area contributed by atoms with Crippen LogP contribution in [0.1, 0.15) is 18.4 Å². The van der Waals surface area contributed by atoms with E-state index in [4.69, 9.17) is 12.2 Å². The van der Waals surface area contributed by atoms with Crippen LogP contribution in [-0.4, -0.2) is 16.6 Å². The molecule has 0 unspecified atom stereocenters. The molecule has 0 aliphatic heterocycles. The summed E-state index contributed by atoms with van der Waals surface area (Å²) < 4.78 is 0. The summed E-state index contributed by atoms with van der Waals surface area (Å²) in [4.78, 5) is 10.2. The van der Waals surface area contributed by atoms with Gasteiger partial charge in [0.15, 0.2) is 5.11 Å². The zero-order valence-electron chi connectivity index (χ0n) is 12.2. The molecule has 0 bridgehead atoms. The number of non-ortho nitro benzene ring substituents is 1. The first-order chi connectivity index (χ1) is 10.6. The molecule has 2 N–H and O–H groups in total. The van der Waals surface area contributed by atoms with Gasteiger partial charge in [0.05, 0.1) is 4.92 Å². The minimum Gasteiger partial charge on any atom is -0.362 e. The first-order valence-corrected chi connectivity index (χ1v) is 7.31. The molecule has 0 spiro atoms. The number of thiocarbonyl (C=S) groups is 1. The van der Waals surface area contributed by atoms with E-state index in [1.54, 1.807) is 12.1 Å². The summed E-state index contributed by atoms with van der Waals surface area (Å²) in [5, 5.41) is 17.3. The highest BCUT2D eigenvalue weighted by atomic mass is 32.1. The highest BCUT2D eigenvalue weighted by Gasteiger charge is 2.07. The van der Waals surface area contributed by atoms with E-state index < -0.39 is 4.92 Å².